The minimum absolute atomic E-state index is 0.460. The molecule has 1 atom stereocenters. The summed E-state index contributed by atoms with van der Waals surface area (Å²) in [5, 5.41) is 3.61. The van der Waals surface area contributed by atoms with Crippen LogP contribution in [0, 0.1) is 0 Å². The van der Waals surface area contributed by atoms with Crippen molar-refractivity contribution in [3.05, 3.63) is 27.7 Å². The molecule has 3 heteroatoms. The Balaban J connectivity index is 2.44. The monoisotopic (exact) mass is 311 g/mol. The molecule has 1 aliphatic rings. The first-order valence-corrected chi connectivity index (χ1v) is 7.74. The first-order valence-electron chi connectivity index (χ1n) is 6.95. The lowest BCUT2D eigenvalue weighted by molar-refractivity contribution is 0.335. The third kappa shape index (κ3) is 2.89. The molecule has 0 aliphatic heterocycles. The summed E-state index contributed by atoms with van der Waals surface area (Å²) in [7, 11) is 0. The van der Waals surface area contributed by atoms with Gasteiger partial charge in [0.1, 0.15) is 5.75 Å². The number of fused-ring (bicyclic) bond motifs is 1. The Bertz CT molecular complexity index is 406. The van der Waals surface area contributed by atoms with Gasteiger partial charge in [-0.3, -0.25) is 0 Å². The van der Waals surface area contributed by atoms with Crippen molar-refractivity contribution in [2.45, 2.75) is 45.6 Å². The number of halogens is 1. The lowest BCUT2D eigenvalue weighted by Gasteiger charge is -2.22. The molecule has 1 aliphatic carbocycles. The van der Waals surface area contributed by atoms with Crippen molar-refractivity contribution in [3.63, 3.8) is 0 Å². The fourth-order valence-corrected chi connectivity index (χ4v) is 3.43. The number of nitrogens with one attached hydrogen (secondary N) is 1. The Labute approximate surface area is 118 Å². The molecule has 1 unspecified atom stereocenters. The van der Waals surface area contributed by atoms with Crippen LogP contribution in [0.5, 0.6) is 5.75 Å². The van der Waals surface area contributed by atoms with Crippen LogP contribution < -0.4 is 10.1 Å². The highest BCUT2D eigenvalue weighted by atomic mass is 79.9. The van der Waals surface area contributed by atoms with Gasteiger partial charge < -0.3 is 10.1 Å². The molecule has 100 valence electrons. The van der Waals surface area contributed by atoms with Crippen molar-refractivity contribution < 1.29 is 4.74 Å². The molecule has 0 spiro atoms. The molecule has 0 fully saturated rings. The van der Waals surface area contributed by atoms with E-state index < -0.39 is 0 Å². The molecule has 0 saturated heterocycles. The molecule has 2 rings (SSSR count). The molecule has 2 nitrogen and oxygen atoms in total. The number of benzene rings is 1. The minimum Gasteiger partial charge on any atom is -0.494 e. The summed E-state index contributed by atoms with van der Waals surface area (Å²) in [6.07, 6.45) is 4.89. The van der Waals surface area contributed by atoms with Crippen molar-refractivity contribution in [2.75, 3.05) is 13.2 Å². The molecule has 0 saturated carbocycles. The van der Waals surface area contributed by atoms with Crippen LogP contribution in [-0.4, -0.2) is 13.2 Å². The second-order valence-corrected chi connectivity index (χ2v) is 5.58. The summed E-state index contributed by atoms with van der Waals surface area (Å²) in [5.74, 6) is 1.07. The summed E-state index contributed by atoms with van der Waals surface area (Å²) in [4.78, 5) is 0. The van der Waals surface area contributed by atoms with E-state index in [1.807, 2.05) is 6.92 Å². The molecule has 0 radical (unpaired) electrons. The second kappa shape index (κ2) is 6.58. The van der Waals surface area contributed by atoms with Crippen LogP contribution in [0.2, 0.25) is 0 Å². The summed E-state index contributed by atoms with van der Waals surface area (Å²) < 4.78 is 7.01. The van der Waals surface area contributed by atoms with Crippen molar-refractivity contribution in [1.29, 1.82) is 0 Å². The second-order valence-electron chi connectivity index (χ2n) is 4.73. The van der Waals surface area contributed by atoms with Crippen LogP contribution in [-0.2, 0) is 6.42 Å². The standard InChI is InChI=1S/C15H22BrNO/c1-3-17-13-8-6-5-7-11-14(18-4-2)10-9-12(16)15(11)13/h9-10,13,17H,3-8H2,1-2H3. The van der Waals surface area contributed by atoms with Gasteiger partial charge in [-0.2, -0.15) is 0 Å². The summed E-state index contributed by atoms with van der Waals surface area (Å²) in [6, 6.07) is 4.68. The van der Waals surface area contributed by atoms with Gasteiger partial charge >= 0.3 is 0 Å². The van der Waals surface area contributed by atoms with Gasteiger partial charge in [0.15, 0.2) is 0 Å². The van der Waals surface area contributed by atoms with E-state index in [-0.39, 0.29) is 0 Å². The fraction of sp³-hybridized carbons (Fsp3) is 0.600. The summed E-state index contributed by atoms with van der Waals surface area (Å²) in [6.45, 7) is 5.97. The van der Waals surface area contributed by atoms with Crippen LogP contribution in [0.15, 0.2) is 16.6 Å². The number of ether oxygens (including phenoxy) is 1. The van der Waals surface area contributed by atoms with E-state index in [4.69, 9.17) is 4.74 Å². The van der Waals surface area contributed by atoms with Crippen molar-refractivity contribution in [1.82, 2.24) is 5.32 Å². The average molecular weight is 312 g/mol. The van der Waals surface area contributed by atoms with Crippen molar-refractivity contribution in [3.8, 4) is 5.75 Å². The first-order chi connectivity index (χ1) is 8.77. The van der Waals surface area contributed by atoms with Gasteiger partial charge in [0.05, 0.1) is 6.61 Å². The largest absolute Gasteiger partial charge is 0.494 e. The SMILES string of the molecule is CCNC1CCCCc2c(OCC)ccc(Br)c21. The predicted octanol–water partition coefficient (Wildman–Crippen LogP) is 4.22. The van der Waals surface area contributed by atoms with Gasteiger partial charge in [-0.25, -0.2) is 0 Å². The molecular weight excluding hydrogens is 290 g/mol. The molecular formula is C15H22BrNO. The molecule has 1 aromatic rings. The van der Waals surface area contributed by atoms with E-state index in [9.17, 15) is 0 Å². The van der Waals surface area contributed by atoms with Crippen molar-refractivity contribution >= 4 is 15.9 Å². The van der Waals surface area contributed by atoms with E-state index in [0.717, 1.165) is 25.3 Å². The van der Waals surface area contributed by atoms with Gasteiger partial charge in [0.2, 0.25) is 0 Å². The van der Waals surface area contributed by atoms with Crippen molar-refractivity contribution in [2.24, 2.45) is 0 Å². The fourth-order valence-electron chi connectivity index (χ4n) is 2.79. The Hall–Kier alpha value is -0.540. The maximum Gasteiger partial charge on any atom is 0.122 e. The van der Waals surface area contributed by atoms with Crippen LogP contribution in [0.25, 0.3) is 0 Å². The third-order valence-corrected chi connectivity index (χ3v) is 4.22. The quantitative estimate of drug-likeness (QED) is 0.840. The summed E-state index contributed by atoms with van der Waals surface area (Å²) >= 11 is 3.72. The Morgan fingerprint density at radius 2 is 2.17 bits per heavy atom. The number of hydrogen-bond donors (Lipinski definition) is 1. The highest BCUT2D eigenvalue weighted by molar-refractivity contribution is 9.10. The molecule has 0 aromatic heterocycles. The predicted molar refractivity (Wildman–Crippen MR) is 79.3 cm³/mol. The van der Waals surface area contributed by atoms with Gasteiger partial charge in [0.25, 0.3) is 0 Å². The average Bonchev–Trinajstić information content (AvgIpc) is 2.57. The normalized spacial score (nSPS) is 19.2. The van der Waals surface area contributed by atoms with E-state index in [0.29, 0.717) is 6.04 Å². The smallest absolute Gasteiger partial charge is 0.122 e. The van der Waals surface area contributed by atoms with E-state index in [2.05, 4.69) is 40.3 Å². The first kappa shape index (κ1) is 13.9. The van der Waals surface area contributed by atoms with E-state index in [1.165, 1.54) is 34.9 Å². The zero-order valence-electron chi connectivity index (χ0n) is 11.3. The Morgan fingerprint density at radius 1 is 1.33 bits per heavy atom. The Morgan fingerprint density at radius 3 is 2.89 bits per heavy atom. The van der Waals surface area contributed by atoms with Gasteiger partial charge in [-0.1, -0.05) is 29.3 Å². The maximum atomic E-state index is 5.79. The minimum atomic E-state index is 0.460. The third-order valence-electron chi connectivity index (χ3n) is 3.53. The zero-order valence-corrected chi connectivity index (χ0v) is 12.8. The highest BCUT2D eigenvalue weighted by Crippen LogP contribution is 2.38. The number of hydrogen-bond acceptors (Lipinski definition) is 2. The van der Waals surface area contributed by atoms with Crippen LogP contribution in [0.4, 0.5) is 0 Å². The lowest BCUT2D eigenvalue weighted by atomic mass is 9.98. The van der Waals surface area contributed by atoms with Crippen LogP contribution in [0.3, 0.4) is 0 Å². The van der Waals surface area contributed by atoms with Gasteiger partial charge in [0, 0.05) is 16.1 Å². The zero-order chi connectivity index (χ0) is 13.0. The summed E-state index contributed by atoms with van der Waals surface area (Å²) in [5.41, 5.74) is 2.81. The lowest BCUT2D eigenvalue weighted by Crippen LogP contribution is -2.21. The maximum absolute atomic E-state index is 5.79. The van der Waals surface area contributed by atoms with E-state index in [1.54, 1.807) is 0 Å². The van der Waals surface area contributed by atoms with E-state index >= 15 is 0 Å². The topological polar surface area (TPSA) is 21.3 Å². The van der Waals surface area contributed by atoms with Crippen LogP contribution in [0.1, 0.15) is 50.3 Å². The molecule has 18 heavy (non-hydrogen) atoms. The Kier molecular flexibility index (Phi) is 5.07. The molecule has 1 N–H and O–H groups in total. The van der Waals surface area contributed by atoms with Crippen LogP contribution >= 0.6 is 15.9 Å². The highest BCUT2D eigenvalue weighted by Gasteiger charge is 2.23. The molecule has 0 amide bonds. The molecule has 0 bridgehead atoms. The number of rotatable bonds is 4. The molecule has 1 aromatic carbocycles. The van der Waals surface area contributed by atoms with Gasteiger partial charge in [-0.15, -0.1) is 0 Å². The molecule has 0 heterocycles. The van der Waals surface area contributed by atoms with Gasteiger partial charge in [-0.05, 0) is 50.4 Å².